The van der Waals surface area contributed by atoms with Crippen molar-refractivity contribution in [1.82, 2.24) is 15.2 Å². The van der Waals surface area contributed by atoms with Crippen molar-refractivity contribution in [1.29, 1.82) is 0 Å². The highest BCUT2D eigenvalue weighted by Gasteiger charge is 2.37. The van der Waals surface area contributed by atoms with Gasteiger partial charge in [-0.05, 0) is 12.8 Å². The van der Waals surface area contributed by atoms with Gasteiger partial charge in [-0.3, -0.25) is 9.89 Å². The van der Waals surface area contributed by atoms with Gasteiger partial charge in [-0.2, -0.15) is 5.10 Å². The van der Waals surface area contributed by atoms with Crippen molar-refractivity contribution >= 4 is 5.97 Å². The molecule has 5 nitrogen and oxygen atoms in total. The molecule has 20 heavy (non-hydrogen) atoms. The van der Waals surface area contributed by atoms with Crippen molar-refractivity contribution in [3.8, 4) is 11.4 Å². The van der Waals surface area contributed by atoms with Gasteiger partial charge in [0.25, 0.3) is 0 Å². The minimum atomic E-state index is -0.854. The third kappa shape index (κ3) is 2.71. The van der Waals surface area contributed by atoms with Crippen LogP contribution >= 0.6 is 0 Å². The fourth-order valence-electron chi connectivity index (χ4n) is 1.97. The Morgan fingerprint density at radius 3 is 2.55 bits per heavy atom. The predicted molar refractivity (Wildman–Crippen MR) is 76.1 cm³/mol. The van der Waals surface area contributed by atoms with E-state index < -0.39 is 11.4 Å². The second kappa shape index (κ2) is 5.45. The first-order chi connectivity index (χ1) is 9.43. The zero-order valence-corrected chi connectivity index (χ0v) is 11.9. The highest BCUT2D eigenvalue weighted by Crippen LogP contribution is 2.31. The zero-order valence-electron chi connectivity index (χ0n) is 11.9. The number of rotatable bonds is 5. The second-order valence-electron chi connectivity index (χ2n) is 5.53. The van der Waals surface area contributed by atoms with Crippen LogP contribution < -0.4 is 0 Å². The molecule has 1 atom stereocenters. The molecule has 0 aliphatic carbocycles. The van der Waals surface area contributed by atoms with Crippen LogP contribution in [0.15, 0.2) is 30.3 Å². The highest BCUT2D eigenvalue weighted by atomic mass is 16.4. The van der Waals surface area contributed by atoms with E-state index in [9.17, 15) is 9.90 Å². The molecule has 0 bridgehead atoms. The SMILES string of the molecule is CC(C)C(C)(Cc1nc(-c2ccccc2)n[nH]1)C(=O)O. The van der Waals surface area contributed by atoms with Crippen molar-refractivity contribution in [2.75, 3.05) is 0 Å². The molecule has 0 fully saturated rings. The standard InChI is InChI=1S/C15H19N3O2/c1-10(2)15(3,14(19)20)9-12-16-13(18-17-12)11-7-5-4-6-8-11/h4-8,10H,9H2,1-3H3,(H,19,20)(H,16,17,18). The van der Waals surface area contributed by atoms with Gasteiger partial charge in [0.2, 0.25) is 0 Å². The first-order valence-electron chi connectivity index (χ1n) is 6.63. The molecule has 2 aromatic rings. The lowest BCUT2D eigenvalue weighted by atomic mass is 9.76. The minimum Gasteiger partial charge on any atom is -0.481 e. The van der Waals surface area contributed by atoms with E-state index in [1.54, 1.807) is 6.92 Å². The maximum Gasteiger partial charge on any atom is 0.310 e. The van der Waals surface area contributed by atoms with Crippen LogP contribution in [0.5, 0.6) is 0 Å². The molecule has 2 rings (SSSR count). The molecule has 0 saturated heterocycles. The Morgan fingerprint density at radius 1 is 1.35 bits per heavy atom. The van der Waals surface area contributed by atoms with Gasteiger partial charge in [0, 0.05) is 12.0 Å². The van der Waals surface area contributed by atoms with E-state index in [4.69, 9.17) is 0 Å². The molecular weight excluding hydrogens is 254 g/mol. The predicted octanol–water partition coefficient (Wildman–Crippen LogP) is 2.76. The topological polar surface area (TPSA) is 78.9 Å². The lowest BCUT2D eigenvalue weighted by molar-refractivity contribution is -0.150. The summed E-state index contributed by atoms with van der Waals surface area (Å²) in [5, 5.41) is 16.4. The van der Waals surface area contributed by atoms with E-state index in [0.717, 1.165) is 5.56 Å². The number of benzene rings is 1. The largest absolute Gasteiger partial charge is 0.481 e. The Kier molecular flexibility index (Phi) is 3.88. The number of aliphatic carboxylic acids is 1. The van der Waals surface area contributed by atoms with Gasteiger partial charge in [0.15, 0.2) is 5.82 Å². The van der Waals surface area contributed by atoms with Crippen LogP contribution in [0.1, 0.15) is 26.6 Å². The van der Waals surface area contributed by atoms with Gasteiger partial charge in [-0.1, -0.05) is 44.2 Å². The summed E-state index contributed by atoms with van der Waals surface area (Å²) < 4.78 is 0. The quantitative estimate of drug-likeness (QED) is 0.878. The van der Waals surface area contributed by atoms with E-state index in [-0.39, 0.29) is 5.92 Å². The van der Waals surface area contributed by atoms with Gasteiger partial charge in [0.05, 0.1) is 5.41 Å². The third-order valence-electron chi connectivity index (χ3n) is 3.86. The molecule has 0 radical (unpaired) electrons. The van der Waals surface area contributed by atoms with E-state index in [2.05, 4.69) is 15.2 Å². The van der Waals surface area contributed by atoms with Gasteiger partial charge in [-0.15, -0.1) is 0 Å². The highest BCUT2D eigenvalue weighted by molar-refractivity contribution is 5.74. The van der Waals surface area contributed by atoms with Crippen molar-refractivity contribution < 1.29 is 9.90 Å². The Bertz CT molecular complexity index is 592. The van der Waals surface area contributed by atoms with Crippen LogP contribution in [0.3, 0.4) is 0 Å². The van der Waals surface area contributed by atoms with Gasteiger partial charge in [-0.25, -0.2) is 4.98 Å². The molecule has 1 aromatic heterocycles. The second-order valence-corrected chi connectivity index (χ2v) is 5.53. The molecular formula is C15H19N3O2. The van der Waals surface area contributed by atoms with E-state index >= 15 is 0 Å². The monoisotopic (exact) mass is 273 g/mol. The van der Waals surface area contributed by atoms with Crippen molar-refractivity contribution in [2.45, 2.75) is 27.2 Å². The fourth-order valence-corrected chi connectivity index (χ4v) is 1.97. The molecule has 1 unspecified atom stereocenters. The summed E-state index contributed by atoms with van der Waals surface area (Å²) >= 11 is 0. The Hall–Kier alpha value is -2.17. The number of carbonyl (C=O) groups is 1. The minimum absolute atomic E-state index is 0.00488. The van der Waals surface area contributed by atoms with Gasteiger partial charge in [0.1, 0.15) is 5.82 Å². The van der Waals surface area contributed by atoms with Crippen LogP contribution in [0.25, 0.3) is 11.4 Å². The number of carboxylic acids is 1. The number of H-pyrrole nitrogens is 1. The molecule has 106 valence electrons. The van der Waals surface area contributed by atoms with E-state index in [1.807, 2.05) is 44.2 Å². The first kappa shape index (κ1) is 14.2. The average Bonchev–Trinajstić information content (AvgIpc) is 2.87. The molecule has 0 spiro atoms. The van der Waals surface area contributed by atoms with Gasteiger partial charge < -0.3 is 5.11 Å². The number of hydrogen-bond acceptors (Lipinski definition) is 3. The normalized spacial score (nSPS) is 14.2. The molecule has 0 amide bonds. The van der Waals surface area contributed by atoms with E-state index in [0.29, 0.717) is 18.1 Å². The maximum atomic E-state index is 11.5. The number of nitrogens with zero attached hydrogens (tertiary/aromatic N) is 2. The number of carboxylic acid groups (broad SMARTS) is 1. The number of hydrogen-bond donors (Lipinski definition) is 2. The van der Waals surface area contributed by atoms with Crippen LogP contribution in [0.4, 0.5) is 0 Å². The van der Waals surface area contributed by atoms with Crippen LogP contribution in [-0.2, 0) is 11.2 Å². The molecule has 1 aromatic carbocycles. The molecule has 5 heteroatoms. The number of aromatic amines is 1. The molecule has 0 aliphatic heterocycles. The maximum absolute atomic E-state index is 11.5. The lowest BCUT2D eigenvalue weighted by Crippen LogP contribution is -2.35. The Morgan fingerprint density at radius 2 is 2.00 bits per heavy atom. The summed E-state index contributed by atoms with van der Waals surface area (Å²) in [6.07, 6.45) is 0.333. The van der Waals surface area contributed by atoms with Crippen LogP contribution in [-0.4, -0.2) is 26.3 Å². The van der Waals surface area contributed by atoms with E-state index in [1.165, 1.54) is 0 Å². The van der Waals surface area contributed by atoms with Gasteiger partial charge >= 0.3 is 5.97 Å². The average molecular weight is 273 g/mol. The first-order valence-corrected chi connectivity index (χ1v) is 6.63. The van der Waals surface area contributed by atoms with Crippen molar-refractivity contribution in [3.05, 3.63) is 36.2 Å². The summed E-state index contributed by atoms with van der Waals surface area (Å²) in [5.41, 5.74) is 0.0598. The summed E-state index contributed by atoms with van der Waals surface area (Å²) in [4.78, 5) is 15.9. The van der Waals surface area contributed by atoms with Crippen LogP contribution in [0, 0.1) is 11.3 Å². The number of nitrogens with one attached hydrogen (secondary N) is 1. The van der Waals surface area contributed by atoms with Crippen molar-refractivity contribution in [3.63, 3.8) is 0 Å². The Labute approximate surface area is 118 Å². The van der Waals surface area contributed by atoms with Crippen LogP contribution in [0.2, 0.25) is 0 Å². The summed E-state index contributed by atoms with van der Waals surface area (Å²) in [6.45, 7) is 5.55. The summed E-state index contributed by atoms with van der Waals surface area (Å²) in [5.74, 6) is 0.384. The fraction of sp³-hybridized carbons (Fsp3) is 0.400. The smallest absolute Gasteiger partial charge is 0.310 e. The zero-order chi connectivity index (χ0) is 14.8. The lowest BCUT2D eigenvalue weighted by Gasteiger charge is -2.27. The molecule has 2 N–H and O–H groups in total. The summed E-state index contributed by atoms with van der Waals surface area (Å²) in [7, 11) is 0. The third-order valence-corrected chi connectivity index (χ3v) is 3.86. The molecule has 0 saturated carbocycles. The molecule has 0 aliphatic rings. The summed E-state index contributed by atoms with van der Waals surface area (Å²) in [6, 6.07) is 9.61. The Balaban J connectivity index is 2.24. The molecule has 1 heterocycles. The number of aromatic nitrogens is 3. The van der Waals surface area contributed by atoms with Crippen molar-refractivity contribution in [2.24, 2.45) is 11.3 Å².